The van der Waals surface area contributed by atoms with Crippen molar-refractivity contribution in [2.45, 2.75) is 32.9 Å². The molecule has 2 aromatic rings. The van der Waals surface area contributed by atoms with Gasteiger partial charge in [-0.05, 0) is 35.6 Å². The molecule has 0 aliphatic heterocycles. The second-order valence-corrected chi connectivity index (χ2v) is 5.58. The van der Waals surface area contributed by atoms with Crippen LogP contribution in [0.15, 0.2) is 54.6 Å². The highest BCUT2D eigenvalue weighted by Crippen LogP contribution is 2.21. The lowest BCUT2D eigenvalue weighted by Gasteiger charge is -2.15. The van der Waals surface area contributed by atoms with Gasteiger partial charge in [0.1, 0.15) is 12.4 Å². The van der Waals surface area contributed by atoms with Crippen molar-refractivity contribution in [3.8, 4) is 5.75 Å². The number of hydrogen-bond donors (Lipinski definition) is 1. The smallest absolute Gasteiger partial charge is 0.119 e. The Morgan fingerprint density at radius 1 is 0.952 bits per heavy atom. The van der Waals surface area contributed by atoms with Gasteiger partial charge in [-0.1, -0.05) is 56.3 Å². The zero-order valence-corrected chi connectivity index (χ0v) is 13.5. The molecule has 2 rings (SSSR count). The maximum absolute atomic E-state index is 6.17. The number of rotatable bonds is 6. The molecular weight excluding hydrogens is 282 g/mol. The maximum atomic E-state index is 6.17. The molecule has 0 unspecified atom stereocenters. The summed E-state index contributed by atoms with van der Waals surface area (Å²) in [5.41, 5.74) is 8.52. The third-order valence-corrected chi connectivity index (χ3v) is 3.28. The second kappa shape index (κ2) is 8.71. The molecule has 114 valence electrons. The van der Waals surface area contributed by atoms with Gasteiger partial charge in [0.25, 0.3) is 0 Å². The van der Waals surface area contributed by atoms with Crippen LogP contribution in [0.4, 0.5) is 0 Å². The summed E-state index contributed by atoms with van der Waals surface area (Å²) in [5, 5.41) is 0. The van der Waals surface area contributed by atoms with Crippen LogP contribution in [0.5, 0.6) is 5.75 Å². The van der Waals surface area contributed by atoms with E-state index in [9.17, 15) is 0 Å². The van der Waals surface area contributed by atoms with Crippen LogP contribution >= 0.6 is 12.4 Å². The molecule has 0 bridgehead atoms. The molecule has 21 heavy (non-hydrogen) atoms. The zero-order valence-electron chi connectivity index (χ0n) is 12.7. The van der Waals surface area contributed by atoms with Crippen LogP contribution < -0.4 is 10.5 Å². The number of halogens is 1. The first-order chi connectivity index (χ1) is 9.65. The van der Waals surface area contributed by atoms with E-state index >= 15 is 0 Å². The molecule has 2 nitrogen and oxygen atoms in total. The average molecular weight is 306 g/mol. The maximum Gasteiger partial charge on any atom is 0.119 e. The van der Waals surface area contributed by atoms with Crippen LogP contribution in [0, 0.1) is 5.92 Å². The first-order valence-electron chi connectivity index (χ1n) is 7.17. The van der Waals surface area contributed by atoms with E-state index in [0.717, 1.165) is 12.2 Å². The lowest BCUT2D eigenvalue weighted by molar-refractivity contribution is 0.306. The molecule has 0 spiro atoms. The molecule has 0 aromatic heterocycles. The van der Waals surface area contributed by atoms with Crippen LogP contribution in [-0.2, 0) is 6.61 Å². The van der Waals surface area contributed by atoms with Gasteiger partial charge in [0, 0.05) is 6.04 Å². The van der Waals surface area contributed by atoms with Crippen LogP contribution in [0.25, 0.3) is 0 Å². The summed E-state index contributed by atoms with van der Waals surface area (Å²) in [4.78, 5) is 0. The van der Waals surface area contributed by atoms with Crippen molar-refractivity contribution in [3.63, 3.8) is 0 Å². The quantitative estimate of drug-likeness (QED) is 0.837. The summed E-state index contributed by atoms with van der Waals surface area (Å²) < 4.78 is 5.77. The fraction of sp³-hybridized carbons (Fsp3) is 0.333. The molecule has 2 N–H and O–H groups in total. The fourth-order valence-electron chi connectivity index (χ4n) is 2.20. The molecule has 0 fully saturated rings. The van der Waals surface area contributed by atoms with Crippen LogP contribution in [0.1, 0.15) is 37.4 Å². The van der Waals surface area contributed by atoms with Crippen molar-refractivity contribution in [2.24, 2.45) is 11.7 Å². The van der Waals surface area contributed by atoms with E-state index in [1.54, 1.807) is 0 Å². The highest BCUT2D eigenvalue weighted by Gasteiger charge is 2.08. The van der Waals surface area contributed by atoms with Gasteiger partial charge < -0.3 is 10.5 Å². The predicted molar refractivity (Wildman–Crippen MR) is 90.8 cm³/mol. The van der Waals surface area contributed by atoms with E-state index in [0.29, 0.717) is 12.5 Å². The molecule has 0 aliphatic rings. The Bertz CT molecular complexity index is 511. The van der Waals surface area contributed by atoms with Crippen LogP contribution in [-0.4, -0.2) is 0 Å². The molecule has 0 aliphatic carbocycles. The number of nitrogens with two attached hydrogens (primary N) is 1. The molecule has 2 aromatic carbocycles. The number of ether oxygens (including phenoxy) is 1. The van der Waals surface area contributed by atoms with E-state index in [1.807, 2.05) is 30.3 Å². The third kappa shape index (κ3) is 5.78. The molecule has 0 amide bonds. The van der Waals surface area contributed by atoms with Gasteiger partial charge in [0.2, 0.25) is 0 Å². The molecule has 0 heterocycles. The Morgan fingerprint density at radius 2 is 1.57 bits per heavy atom. The Balaban J connectivity index is 0.00000220. The molecule has 0 saturated heterocycles. The Labute approximate surface area is 133 Å². The minimum absolute atomic E-state index is 0. The molecule has 1 atom stereocenters. The standard InChI is InChI=1S/C18H23NO.ClH/c1-14(2)12-18(19)16-8-10-17(11-9-16)20-13-15-6-4-3-5-7-15;/h3-11,14,18H,12-13,19H2,1-2H3;1H/t18-;/m0./s1. The van der Waals surface area contributed by atoms with Gasteiger partial charge in [-0.15, -0.1) is 12.4 Å². The number of benzene rings is 2. The summed E-state index contributed by atoms with van der Waals surface area (Å²) in [6.07, 6.45) is 1.00. The van der Waals surface area contributed by atoms with Crippen molar-refractivity contribution in [2.75, 3.05) is 0 Å². The second-order valence-electron chi connectivity index (χ2n) is 5.58. The lowest BCUT2D eigenvalue weighted by Crippen LogP contribution is -2.12. The Hall–Kier alpha value is -1.51. The van der Waals surface area contributed by atoms with Crippen molar-refractivity contribution >= 4 is 12.4 Å². The van der Waals surface area contributed by atoms with Gasteiger partial charge in [-0.25, -0.2) is 0 Å². The summed E-state index contributed by atoms with van der Waals surface area (Å²) >= 11 is 0. The van der Waals surface area contributed by atoms with E-state index in [4.69, 9.17) is 10.5 Å². The average Bonchev–Trinajstić information content (AvgIpc) is 2.46. The minimum Gasteiger partial charge on any atom is -0.489 e. The summed E-state index contributed by atoms with van der Waals surface area (Å²) in [6, 6.07) is 18.4. The highest BCUT2D eigenvalue weighted by molar-refractivity contribution is 5.85. The van der Waals surface area contributed by atoms with E-state index < -0.39 is 0 Å². The van der Waals surface area contributed by atoms with E-state index in [2.05, 4.69) is 38.1 Å². The predicted octanol–water partition coefficient (Wildman–Crippen LogP) is 4.73. The first kappa shape index (κ1) is 17.5. The van der Waals surface area contributed by atoms with Crippen molar-refractivity contribution < 1.29 is 4.74 Å². The van der Waals surface area contributed by atoms with Crippen molar-refractivity contribution in [1.29, 1.82) is 0 Å². The molecular formula is C18H24ClNO. The van der Waals surface area contributed by atoms with E-state index in [1.165, 1.54) is 11.1 Å². The Morgan fingerprint density at radius 3 is 2.14 bits per heavy atom. The van der Waals surface area contributed by atoms with Crippen LogP contribution in [0.2, 0.25) is 0 Å². The lowest BCUT2D eigenvalue weighted by atomic mass is 9.98. The summed E-state index contributed by atoms with van der Waals surface area (Å²) in [6.45, 7) is 4.98. The monoisotopic (exact) mass is 305 g/mol. The minimum atomic E-state index is 0. The normalized spacial score (nSPS) is 11.8. The number of hydrogen-bond acceptors (Lipinski definition) is 2. The first-order valence-corrected chi connectivity index (χ1v) is 7.17. The molecule has 0 radical (unpaired) electrons. The SMILES string of the molecule is CC(C)C[C@H](N)c1ccc(OCc2ccccc2)cc1.Cl. The van der Waals surface area contributed by atoms with Gasteiger partial charge in [0.05, 0.1) is 0 Å². The summed E-state index contributed by atoms with van der Waals surface area (Å²) in [7, 11) is 0. The topological polar surface area (TPSA) is 35.2 Å². The van der Waals surface area contributed by atoms with Gasteiger partial charge >= 0.3 is 0 Å². The largest absolute Gasteiger partial charge is 0.489 e. The van der Waals surface area contributed by atoms with Crippen molar-refractivity contribution in [1.82, 2.24) is 0 Å². The molecule has 3 heteroatoms. The zero-order chi connectivity index (χ0) is 14.4. The van der Waals surface area contributed by atoms with Gasteiger partial charge in [0.15, 0.2) is 0 Å². The van der Waals surface area contributed by atoms with Crippen LogP contribution in [0.3, 0.4) is 0 Å². The van der Waals surface area contributed by atoms with Gasteiger partial charge in [-0.3, -0.25) is 0 Å². The van der Waals surface area contributed by atoms with E-state index in [-0.39, 0.29) is 18.4 Å². The van der Waals surface area contributed by atoms with Crippen molar-refractivity contribution in [3.05, 3.63) is 65.7 Å². The van der Waals surface area contributed by atoms with Gasteiger partial charge in [-0.2, -0.15) is 0 Å². The molecule has 0 saturated carbocycles. The fourth-order valence-corrected chi connectivity index (χ4v) is 2.20. The summed E-state index contributed by atoms with van der Waals surface area (Å²) in [5.74, 6) is 1.49. The highest BCUT2D eigenvalue weighted by atomic mass is 35.5. The Kier molecular flexibility index (Phi) is 7.27. The third-order valence-electron chi connectivity index (χ3n) is 3.28.